The molecular weight excluding hydrogens is 298 g/mol. The SMILES string of the molecule is COc1ccc(OC)c(/C=C/C(=O)c2cccc([N+](=O)[O-])c2)c1. The van der Waals surface area contributed by atoms with Crippen molar-refractivity contribution in [3.05, 3.63) is 69.8 Å². The van der Waals surface area contributed by atoms with Crippen molar-refractivity contribution < 1.29 is 19.2 Å². The summed E-state index contributed by atoms with van der Waals surface area (Å²) in [6.07, 6.45) is 2.93. The fourth-order valence-electron chi connectivity index (χ4n) is 2.00. The van der Waals surface area contributed by atoms with Crippen LogP contribution in [-0.2, 0) is 0 Å². The van der Waals surface area contributed by atoms with E-state index in [1.54, 1.807) is 31.4 Å². The number of ether oxygens (including phenoxy) is 2. The maximum atomic E-state index is 12.2. The summed E-state index contributed by atoms with van der Waals surface area (Å²) in [5.74, 6) is 0.890. The quantitative estimate of drug-likeness (QED) is 0.353. The molecule has 2 rings (SSSR count). The number of rotatable bonds is 6. The van der Waals surface area contributed by atoms with Crippen molar-refractivity contribution in [1.29, 1.82) is 0 Å². The molecule has 0 radical (unpaired) electrons. The van der Waals surface area contributed by atoms with Gasteiger partial charge >= 0.3 is 0 Å². The fraction of sp³-hybridized carbons (Fsp3) is 0.118. The summed E-state index contributed by atoms with van der Waals surface area (Å²) in [6.45, 7) is 0. The van der Waals surface area contributed by atoms with Gasteiger partial charge in [-0.1, -0.05) is 12.1 Å². The second-order valence-electron chi connectivity index (χ2n) is 4.61. The maximum absolute atomic E-state index is 12.2. The second-order valence-corrected chi connectivity index (χ2v) is 4.61. The van der Waals surface area contributed by atoms with Crippen LogP contribution in [0.5, 0.6) is 11.5 Å². The number of non-ortho nitro benzene ring substituents is 1. The molecule has 2 aromatic rings. The van der Waals surface area contributed by atoms with E-state index in [4.69, 9.17) is 9.47 Å². The highest BCUT2D eigenvalue weighted by molar-refractivity contribution is 6.07. The van der Waals surface area contributed by atoms with Crippen molar-refractivity contribution in [3.8, 4) is 11.5 Å². The van der Waals surface area contributed by atoms with E-state index < -0.39 is 4.92 Å². The molecule has 0 fully saturated rings. The number of hydrogen-bond acceptors (Lipinski definition) is 5. The largest absolute Gasteiger partial charge is 0.497 e. The van der Waals surface area contributed by atoms with Crippen molar-refractivity contribution in [3.63, 3.8) is 0 Å². The lowest BCUT2D eigenvalue weighted by molar-refractivity contribution is -0.384. The van der Waals surface area contributed by atoms with Crippen molar-refractivity contribution in [2.45, 2.75) is 0 Å². The van der Waals surface area contributed by atoms with Gasteiger partial charge < -0.3 is 9.47 Å². The molecule has 0 aliphatic carbocycles. The highest BCUT2D eigenvalue weighted by Crippen LogP contribution is 2.25. The molecule has 6 heteroatoms. The summed E-state index contributed by atoms with van der Waals surface area (Å²) in [5, 5.41) is 10.8. The van der Waals surface area contributed by atoms with Gasteiger partial charge in [0, 0.05) is 23.3 Å². The second kappa shape index (κ2) is 7.22. The molecule has 118 valence electrons. The number of methoxy groups -OCH3 is 2. The number of benzene rings is 2. The molecule has 0 heterocycles. The van der Waals surface area contributed by atoms with Crippen molar-refractivity contribution in [2.75, 3.05) is 14.2 Å². The van der Waals surface area contributed by atoms with Gasteiger partial charge in [0.1, 0.15) is 11.5 Å². The lowest BCUT2D eigenvalue weighted by atomic mass is 10.1. The molecule has 0 atom stereocenters. The topological polar surface area (TPSA) is 78.7 Å². The van der Waals surface area contributed by atoms with Crippen LogP contribution in [0.4, 0.5) is 5.69 Å². The highest BCUT2D eigenvalue weighted by Gasteiger charge is 2.10. The Morgan fingerprint density at radius 1 is 1.13 bits per heavy atom. The average Bonchev–Trinajstić information content (AvgIpc) is 2.59. The first-order valence-corrected chi connectivity index (χ1v) is 6.74. The first kappa shape index (κ1) is 16.2. The zero-order chi connectivity index (χ0) is 16.8. The first-order valence-electron chi connectivity index (χ1n) is 6.74. The maximum Gasteiger partial charge on any atom is 0.270 e. The number of nitrogens with zero attached hydrogens (tertiary/aromatic N) is 1. The number of carbonyl (C=O) groups is 1. The Balaban J connectivity index is 2.27. The summed E-state index contributed by atoms with van der Waals surface area (Å²) in [4.78, 5) is 22.4. The monoisotopic (exact) mass is 313 g/mol. The summed E-state index contributed by atoms with van der Waals surface area (Å²) >= 11 is 0. The van der Waals surface area contributed by atoms with Crippen LogP contribution < -0.4 is 9.47 Å². The average molecular weight is 313 g/mol. The molecule has 0 saturated carbocycles. The van der Waals surface area contributed by atoms with Crippen molar-refractivity contribution in [1.82, 2.24) is 0 Å². The van der Waals surface area contributed by atoms with Crippen LogP contribution in [0.2, 0.25) is 0 Å². The van der Waals surface area contributed by atoms with Crippen LogP contribution in [-0.4, -0.2) is 24.9 Å². The number of hydrogen-bond donors (Lipinski definition) is 0. The Bertz CT molecular complexity index is 767. The van der Waals surface area contributed by atoms with E-state index in [-0.39, 0.29) is 17.0 Å². The van der Waals surface area contributed by atoms with E-state index >= 15 is 0 Å². The van der Waals surface area contributed by atoms with Gasteiger partial charge in [0.2, 0.25) is 0 Å². The van der Waals surface area contributed by atoms with Gasteiger partial charge in [0.05, 0.1) is 19.1 Å². The van der Waals surface area contributed by atoms with E-state index in [1.807, 2.05) is 0 Å². The Hall–Kier alpha value is -3.15. The summed E-state index contributed by atoms with van der Waals surface area (Å²) in [5.41, 5.74) is 0.797. The Labute approximate surface area is 133 Å². The third-order valence-electron chi connectivity index (χ3n) is 3.19. The molecule has 0 unspecified atom stereocenters. The Kier molecular flexibility index (Phi) is 5.09. The molecule has 0 aliphatic heterocycles. The Morgan fingerprint density at radius 3 is 2.57 bits per heavy atom. The highest BCUT2D eigenvalue weighted by atomic mass is 16.6. The van der Waals surface area contributed by atoms with Crippen LogP contribution in [0, 0.1) is 10.1 Å². The van der Waals surface area contributed by atoms with Gasteiger partial charge in [-0.25, -0.2) is 0 Å². The van der Waals surface area contributed by atoms with E-state index in [2.05, 4.69) is 0 Å². The minimum atomic E-state index is -0.536. The van der Waals surface area contributed by atoms with Gasteiger partial charge in [-0.05, 0) is 30.4 Å². The zero-order valence-corrected chi connectivity index (χ0v) is 12.7. The summed E-state index contributed by atoms with van der Waals surface area (Å²) in [7, 11) is 3.07. The van der Waals surface area contributed by atoms with Gasteiger partial charge in [-0.15, -0.1) is 0 Å². The predicted octanol–water partition coefficient (Wildman–Crippen LogP) is 3.51. The molecule has 23 heavy (non-hydrogen) atoms. The van der Waals surface area contributed by atoms with Crippen LogP contribution in [0.15, 0.2) is 48.5 Å². The molecule has 0 spiro atoms. The smallest absolute Gasteiger partial charge is 0.270 e. The minimum Gasteiger partial charge on any atom is -0.497 e. The summed E-state index contributed by atoms with van der Waals surface area (Å²) in [6, 6.07) is 10.8. The van der Waals surface area contributed by atoms with E-state index in [1.165, 1.54) is 37.5 Å². The fourth-order valence-corrected chi connectivity index (χ4v) is 2.00. The molecular formula is C17H15NO5. The zero-order valence-electron chi connectivity index (χ0n) is 12.7. The lowest BCUT2D eigenvalue weighted by Gasteiger charge is -2.07. The molecule has 6 nitrogen and oxygen atoms in total. The van der Waals surface area contributed by atoms with Crippen LogP contribution in [0.3, 0.4) is 0 Å². The standard InChI is InChI=1S/C17H15NO5/c1-22-15-7-9-17(23-2)13(11-15)6-8-16(19)12-4-3-5-14(10-12)18(20)21/h3-11H,1-2H3/b8-6+. The van der Waals surface area contributed by atoms with Crippen LogP contribution >= 0.6 is 0 Å². The molecule has 0 amide bonds. The van der Waals surface area contributed by atoms with Crippen LogP contribution in [0.25, 0.3) is 6.08 Å². The molecule has 2 aromatic carbocycles. The molecule has 0 N–H and O–H groups in total. The normalized spacial score (nSPS) is 10.5. The van der Waals surface area contributed by atoms with E-state index in [0.29, 0.717) is 17.1 Å². The molecule has 0 aromatic heterocycles. The summed E-state index contributed by atoms with van der Waals surface area (Å²) < 4.78 is 10.4. The number of nitro groups is 1. The molecule has 0 saturated heterocycles. The molecule has 0 bridgehead atoms. The van der Waals surface area contributed by atoms with Crippen LogP contribution in [0.1, 0.15) is 15.9 Å². The number of allylic oxidation sites excluding steroid dienone is 1. The van der Waals surface area contributed by atoms with E-state index in [9.17, 15) is 14.9 Å². The Morgan fingerprint density at radius 2 is 1.91 bits per heavy atom. The number of nitro benzene ring substituents is 1. The van der Waals surface area contributed by atoms with Gasteiger partial charge in [0.15, 0.2) is 5.78 Å². The minimum absolute atomic E-state index is 0.122. The molecule has 0 aliphatic rings. The third-order valence-corrected chi connectivity index (χ3v) is 3.19. The van der Waals surface area contributed by atoms with Crippen molar-refractivity contribution >= 4 is 17.5 Å². The number of carbonyl (C=O) groups excluding carboxylic acids is 1. The predicted molar refractivity (Wildman–Crippen MR) is 86.0 cm³/mol. The van der Waals surface area contributed by atoms with E-state index in [0.717, 1.165) is 0 Å². The van der Waals surface area contributed by atoms with Gasteiger partial charge in [-0.3, -0.25) is 14.9 Å². The van der Waals surface area contributed by atoms with Gasteiger partial charge in [0.25, 0.3) is 5.69 Å². The number of ketones is 1. The van der Waals surface area contributed by atoms with Crippen molar-refractivity contribution in [2.24, 2.45) is 0 Å². The lowest BCUT2D eigenvalue weighted by Crippen LogP contribution is -1.96. The third kappa shape index (κ3) is 3.94. The van der Waals surface area contributed by atoms with Gasteiger partial charge in [-0.2, -0.15) is 0 Å². The first-order chi connectivity index (χ1) is 11.0.